The Labute approximate surface area is 116 Å². The molecule has 3 rings (SSSR count). The second kappa shape index (κ2) is 5.66. The molecule has 0 aromatic carbocycles. The van der Waals surface area contributed by atoms with Crippen LogP contribution in [-0.4, -0.2) is 22.4 Å². The average Bonchev–Trinajstić information content (AvgIpc) is 3.10. The maximum absolute atomic E-state index is 4.27. The van der Waals surface area contributed by atoms with Crippen LogP contribution in [0.2, 0.25) is 0 Å². The molecular formula is C16H27N3. The molecule has 1 aromatic heterocycles. The van der Waals surface area contributed by atoms with Crippen LogP contribution in [0.5, 0.6) is 0 Å². The molecule has 106 valence electrons. The predicted molar refractivity (Wildman–Crippen MR) is 77.9 cm³/mol. The summed E-state index contributed by atoms with van der Waals surface area (Å²) in [5.41, 5.74) is 1.38. The van der Waals surface area contributed by atoms with Gasteiger partial charge in [0.2, 0.25) is 0 Å². The third-order valence-corrected chi connectivity index (χ3v) is 5.28. The van der Waals surface area contributed by atoms with Crippen LogP contribution in [-0.2, 0) is 13.5 Å². The van der Waals surface area contributed by atoms with Gasteiger partial charge in [-0.05, 0) is 62.0 Å². The summed E-state index contributed by atoms with van der Waals surface area (Å²) < 4.78 is 1.91. The minimum absolute atomic E-state index is 0.723. The summed E-state index contributed by atoms with van der Waals surface area (Å²) in [4.78, 5) is 0. The van der Waals surface area contributed by atoms with E-state index < -0.39 is 0 Å². The Morgan fingerprint density at radius 2 is 2.32 bits per heavy atom. The molecule has 0 saturated heterocycles. The fourth-order valence-corrected chi connectivity index (χ4v) is 4.44. The number of fused-ring (bicyclic) bond motifs is 2. The summed E-state index contributed by atoms with van der Waals surface area (Å²) in [6.07, 6.45) is 12.6. The zero-order valence-corrected chi connectivity index (χ0v) is 12.3. The van der Waals surface area contributed by atoms with Crippen molar-refractivity contribution in [3.8, 4) is 0 Å². The maximum atomic E-state index is 4.27. The molecule has 4 atom stereocenters. The normalized spacial score (nSPS) is 30.9. The molecule has 0 amide bonds. The van der Waals surface area contributed by atoms with E-state index in [2.05, 4.69) is 23.5 Å². The highest BCUT2D eigenvalue weighted by Gasteiger charge is 2.42. The van der Waals surface area contributed by atoms with Gasteiger partial charge in [0.1, 0.15) is 0 Å². The third kappa shape index (κ3) is 2.86. The molecule has 0 spiro atoms. The number of aromatic nitrogens is 2. The lowest BCUT2D eigenvalue weighted by Crippen LogP contribution is -2.39. The highest BCUT2D eigenvalue weighted by molar-refractivity contribution is 5.05. The van der Waals surface area contributed by atoms with E-state index in [1.165, 1.54) is 44.1 Å². The van der Waals surface area contributed by atoms with Crippen LogP contribution in [0.4, 0.5) is 0 Å². The first-order chi connectivity index (χ1) is 9.26. The Morgan fingerprint density at radius 1 is 1.42 bits per heavy atom. The van der Waals surface area contributed by atoms with Crippen molar-refractivity contribution in [2.24, 2.45) is 24.8 Å². The van der Waals surface area contributed by atoms with E-state index in [9.17, 15) is 0 Å². The van der Waals surface area contributed by atoms with Gasteiger partial charge in [-0.15, -0.1) is 0 Å². The number of rotatable bonds is 6. The highest BCUT2D eigenvalue weighted by atomic mass is 15.2. The average molecular weight is 261 g/mol. The van der Waals surface area contributed by atoms with Crippen LogP contribution in [0.15, 0.2) is 12.4 Å². The minimum atomic E-state index is 0.723. The number of nitrogens with zero attached hydrogens (tertiary/aromatic N) is 2. The van der Waals surface area contributed by atoms with Crippen LogP contribution < -0.4 is 5.32 Å². The summed E-state index contributed by atoms with van der Waals surface area (Å²) in [7, 11) is 2.00. The van der Waals surface area contributed by atoms with Crippen molar-refractivity contribution < 1.29 is 0 Å². The Balaban J connectivity index is 1.58. The van der Waals surface area contributed by atoms with Gasteiger partial charge < -0.3 is 5.32 Å². The van der Waals surface area contributed by atoms with Gasteiger partial charge in [-0.2, -0.15) is 5.10 Å². The lowest BCUT2D eigenvalue weighted by Gasteiger charge is -2.31. The second-order valence-electron chi connectivity index (χ2n) is 6.56. The largest absolute Gasteiger partial charge is 0.314 e. The Morgan fingerprint density at radius 3 is 2.89 bits per heavy atom. The summed E-state index contributed by atoms with van der Waals surface area (Å²) in [6.45, 7) is 3.34. The van der Waals surface area contributed by atoms with Crippen molar-refractivity contribution in [3.63, 3.8) is 0 Å². The summed E-state index contributed by atoms with van der Waals surface area (Å²) >= 11 is 0. The van der Waals surface area contributed by atoms with Gasteiger partial charge in [0.05, 0.1) is 6.20 Å². The van der Waals surface area contributed by atoms with E-state index in [1.54, 1.807) is 0 Å². The van der Waals surface area contributed by atoms with Crippen LogP contribution in [0.25, 0.3) is 0 Å². The first-order valence-electron chi connectivity index (χ1n) is 7.97. The molecule has 0 aliphatic heterocycles. The highest BCUT2D eigenvalue weighted by Crippen LogP contribution is 2.50. The van der Waals surface area contributed by atoms with Crippen molar-refractivity contribution >= 4 is 0 Å². The molecule has 0 radical (unpaired) electrons. The molecule has 2 bridgehead atoms. The van der Waals surface area contributed by atoms with Crippen LogP contribution in [0, 0.1) is 17.8 Å². The van der Waals surface area contributed by atoms with E-state index in [0.717, 1.165) is 30.3 Å². The van der Waals surface area contributed by atoms with E-state index >= 15 is 0 Å². The lowest BCUT2D eigenvalue weighted by molar-refractivity contribution is 0.241. The molecule has 2 aliphatic carbocycles. The lowest BCUT2D eigenvalue weighted by atomic mass is 9.81. The smallest absolute Gasteiger partial charge is 0.0521 e. The first-order valence-corrected chi connectivity index (χ1v) is 7.97. The number of hydrogen-bond donors (Lipinski definition) is 1. The van der Waals surface area contributed by atoms with Crippen molar-refractivity contribution in [2.75, 3.05) is 6.54 Å². The molecule has 1 heterocycles. The van der Waals surface area contributed by atoms with E-state index in [-0.39, 0.29) is 0 Å². The number of hydrogen-bond acceptors (Lipinski definition) is 2. The van der Waals surface area contributed by atoms with Gasteiger partial charge >= 0.3 is 0 Å². The molecule has 3 heteroatoms. The standard InChI is InChI=1S/C16H27N3/c1-3-17-16(7-5-13-10-18-19(2)11-13)15-9-12-4-6-14(15)8-12/h10-12,14-17H,3-9H2,1-2H3. The van der Waals surface area contributed by atoms with Crippen LogP contribution >= 0.6 is 0 Å². The molecular weight excluding hydrogens is 234 g/mol. The molecule has 2 fully saturated rings. The van der Waals surface area contributed by atoms with Gasteiger partial charge in [0, 0.05) is 19.3 Å². The topological polar surface area (TPSA) is 29.9 Å². The second-order valence-corrected chi connectivity index (χ2v) is 6.56. The van der Waals surface area contributed by atoms with Crippen LogP contribution in [0.1, 0.15) is 44.6 Å². The Kier molecular flexibility index (Phi) is 3.92. The SMILES string of the molecule is CCNC(CCc1cnn(C)c1)C1CC2CCC1C2. The van der Waals surface area contributed by atoms with Crippen molar-refractivity contribution in [2.45, 2.75) is 51.5 Å². The molecule has 2 saturated carbocycles. The molecule has 3 nitrogen and oxygen atoms in total. The summed E-state index contributed by atoms with van der Waals surface area (Å²) in [5, 5.41) is 8.03. The van der Waals surface area contributed by atoms with Crippen molar-refractivity contribution in [3.05, 3.63) is 18.0 Å². The van der Waals surface area contributed by atoms with Crippen LogP contribution in [0.3, 0.4) is 0 Å². The van der Waals surface area contributed by atoms with Gasteiger partial charge in [-0.1, -0.05) is 13.3 Å². The Hall–Kier alpha value is -0.830. The first kappa shape index (κ1) is 13.2. The molecule has 1 N–H and O–H groups in total. The van der Waals surface area contributed by atoms with Crippen molar-refractivity contribution in [1.29, 1.82) is 0 Å². The summed E-state index contributed by atoms with van der Waals surface area (Å²) in [5.74, 6) is 3.01. The van der Waals surface area contributed by atoms with Crippen molar-refractivity contribution in [1.82, 2.24) is 15.1 Å². The van der Waals surface area contributed by atoms with E-state index in [4.69, 9.17) is 0 Å². The predicted octanol–water partition coefficient (Wildman–Crippen LogP) is 2.77. The molecule has 19 heavy (non-hydrogen) atoms. The third-order valence-electron chi connectivity index (χ3n) is 5.28. The monoisotopic (exact) mass is 261 g/mol. The van der Waals surface area contributed by atoms with Gasteiger partial charge in [-0.3, -0.25) is 4.68 Å². The molecule has 1 aromatic rings. The van der Waals surface area contributed by atoms with E-state index in [0.29, 0.717) is 0 Å². The quantitative estimate of drug-likeness (QED) is 0.853. The molecule has 4 unspecified atom stereocenters. The van der Waals surface area contributed by atoms with Gasteiger partial charge in [0.25, 0.3) is 0 Å². The number of aryl methyl sites for hydroxylation is 2. The number of nitrogens with one attached hydrogen (secondary N) is 1. The zero-order valence-electron chi connectivity index (χ0n) is 12.3. The maximum Gasteiger partial charge on any atom is 0.0521 e. The Bertz CT molecular complexity index is 412. The van der Waals surface area contributed by atoms with Gasteiger partial charge in [-0.25, -0.2) is 0 Å². The molecule has 2 aliphatic rings. The fraction of sp³-hybridized carbons (Fsp3) is 0.812. The van der Waals surface area contributed by atoms with Gasteiger partial charge in [0.15, 0.2) is 0 Å². The summed E-state index contributed by atoms with van der Waals surface area (Å²) in [6, 6.07) is 0.723. The fourth-order valence-electron chi connectivity index (χ4n) is 4.44. The van der Waals surface area contributed by atoms with E-state index in [1.807, 2.05) is 17.9 Å². The zero-order chi connectivity index (χ0) is 13.2. The minimum Gasteiger partial charge on any atom is -0.314 e.